The van der Waals surface area contributed by atoms with Gasteiger partial charge in [0.15, 0.2) is 11.5 Å². The topological polar surface area (TPSA) is 60.7 Å². The van der Waals surface area contributed by atoms with E-state index in [9.17, 15) is 15.3 Å². The zero-order valence-electron chi connectivity index (χ0n) is 9.51. The molecule has 0 aliphatic carbocycles. The van der Waals surface area contributed by atoms with E-state index in [4.69, 9.17) is 0 Å². The van der Waals surface area contributed by atoms with E-state index in [1.54, 1.807) is 18.2 Å². The molecule has 0 saturated carbocycles. The minimum absolute atomic E-state index is 0.138. The standard InChI is InChI=1S/C14H14O3/c1-2-9-7-13(16)14(17)8-11(9)10-5-3-4-6-12(10)15/h3-8,15-17H,2H2,1H3. The highest BCUT2D eigenvalue weighted by Crippen LogP contribution is 2.37. The fourth-order valence-corrected chi connectivity index (χ4v) is 1.86. The number of aromatic hydroxyl groups is 3. The molecule has 3 N–H and O–H groups in total. The van der Waals surface area contributed by atoms with Gasteiger partial charge in [0.25, 0.3) is 0 Å². The molecular formula is C14H14O3. The molecule has 0 radical (unpaired) electrons. The highest BCUT2D eigenvalue weighted by atomic mass is 16.3. The van der Waals surface area contributed by atoms with Crippen LogP contribution in [0.4, 0.5) is 0 Å². The Morgan fingerprint density at radius 1 is 0.824 bits per heavy atom. The third-order valence-corrected chi connectivity index (χ3v) is 2.78. The number of rotatable bonds is 2. The van der Waals surface area contributed by atoms with Crippen molar-refractivity contribution in [2.24, 2.45) is 0 Å². The van der Waals surface area contributed by atoms with Crippen LogP contribution in [0.3, 0.4) is 0 Å². The first-order chi connectivity index (χ1) is 8.13. The van der Waals surface area contributed by atoms with Crippen LogP contribution in [-0.2, 0) is 6.42 Å². The van der Waals surface area contributed by atoms with Crippen LogP contribution in [0.25, 0.3) is 11.1 Å². The first-order valence-electron chi connectivity index (χ1n) is 5.46. The Bertz CT molecular complexity index is 547. The van der Waals surface area contributed by atoms with Crippen molar-refractivity contribution in [2.75, 3.05) is 0 Å². The summed E-state index contributed by atoms with van der Waals surface area (Å²) >= 11 is 0. The third-order valence-electron chi connectivity index (χ3n) is 2.78. The van der Waals surface area contributed by atoms with Crippen LogP contribution in [0.1, 0.15) is 12.5 Å². The average molecular weight is 230 g/mol. The van der Waals surface area contributed by atoms with Crippen LogP contribution < -0.4 is 0 Å². The minimum Gasteiger partial charge on any atom is -0.507 e. The molecule has 0 amide bonds. The van der Waals surface area contributed by atoms with Gasteiger partial charge >= 0.3 is 0 Å². The zero-order chi connectivity index (χ0) is 12.4. The van der Waals surface area contributed by atoms with Crippen molar-refractivity contribution in [3.63, 3.8) is 0 Å². The van der Waals surface area contributed by atoms with E-state index in [-0.39, 0.29) is 17.2 Å². The van der Waals surface area contributed by atoms with Gasteiger partial charge in [-0.05, 0) is 35.7 Å². The molecule has 0 spiro atoms. The van der Waals surface area contributed by atoms with Crippen LogP contribution in [0, 0.1) is 0 Å². The summed E-state index contributed by atoms with van der Waals surface area (Å²) < 4.78 is 0. The molecule has 0 aromatic heterocycles. The summed E-state index contributed by atoms with van der Waals surface area (Å²) in [6, 6.07) is 9.93. The molecule has 0 aliphatic rings. The number of phenols is 3. The van der Waals surface area contributed by atoms with Crippen molar-refractivity contribution in [2.45, 2.75) is 13.3 Å². The Kier molecular flexibility index (Phi) is 2.91. The van der Waals surface area contributed by atoms with Crippen molar-refractivity contribution in [1.82, 2.24) is 0 Å². The second-order valence-corrected chi connectivity index (χ2v) is 3.87. The van der Waals surface area contributed by atoms with Crippen LogP contribution in [-0.4, -0.2) is 15.3 Å². The first-order valence-corrected chi connectivity index (χ1v) is 5.46. The van der Waals surface area contributed by atoms with Gasteiger partial charge in [-0.15, -0.1) is 0 Å². The van der Waals surface area contributed by atoms with Crippen molar-refractivity contribution in [3.8, 4) is 28.4 Å². The molecule has 0 saturated heterocycles. The molecule has 2 aromatic rings. The number of phenolic OH excluding ortho intramolecular Hbond substituents is 3. The summed E-state index contributed by atoms with van der Waals surface area (Å²) in [5, 5.41) is 28.8. The summed E-state index contributed by atoms with van der Waals surface area (Å²) in [5.74, 6) is -0.159. The van der Waals surface area contributed by atoms with Gasteiger partial charge in [0.2, 0.25) is 0 Å². The number of benzene rings is 2. The Hall–Kier alpha value is -2.16. The lowest BCUT2D eigenvalue weighted by molar-refractivity contribution is 0.403. The van der Waals surface area contributed by atoms with Gasteiger partial charge in [0.1, 0.15) is 5.75 Å². The van der Waals surface area contributed by atoms with Crippen molar-refractivity contribution >= 4 is 0 Å². The molecular weight excluding hydrogens is 216 g/mol. The molecule has 0 atom stereocenters. The Labute approximate surface area is 99.6 Å². The quantitative estimate of drug-likeness (QED) is 0.695. The van der Waals surface area contributed by atoms with Gasteiger partial charge in [-0.2, -0.15) is 0 Å². The van der Waals surface area contributed by atoms with Crippen molar-refractivity contribution in [1.29, 1.82) is 0 Å². The highest BCUT2D eigenvalue weighted by Gasteiger charge is 2.11. The smallest absolute Gasteiger partial charge is 0.158 e. The van der Waals surface area contributed by atoms with Crippen LogP contribution in [0.5, 0.6) is 17.2 Å². The molecule has 0 bridgehead atoms. The zero-order valence-corrected chi connectivity index (χ0v) is 9.51. The lowest BCUT2D eigenvalue weighted by Gasteiger charge is -2.11. The van der Waals surface area contributed by atoms with E-state index in [0.29, 0.717) is 12.0 Å². The first kappa shape index (κ1) is 11.3. The number of para-hydroxylation sites is 1. The SMILES string of the molecule is CCc1cc(O)c(O)cc1-c1ccccc1O. The second kappa shape index (κ2) is 4.37. The maximum absolute atomic E-state index is 9.80. The van der Waals surface area contributed by atoms with E-state index < -0.39 is 0 Å². The largest absolute Gasteiger partial charge is 0.507 e. The van der Waals surface area contributed by atoms with Gasteiger partial charge in [-0.3, -0.25) is 0 Å². The Balaban J connectivity index is 2.67. The molecule has 0 aliphatic heterocycles. The third kappa shape index (κ3) is 2.04. The van der Waals surface area contributed by atoms with Crippen molar-refractivity contribution < 1.29 is 15.3 Å². The van der Waals surface area contributed by atoms with E-state index >= 15 is 0 Å². The van der Waals surface area contributed by atoms with Gasteiger partial charge in [-0.25, -0.2) is 0 Å². The highest BCUT2D eigenvalue weighted by molar-refractivity contribution is 5.75. The fourth-order valence-electron chi connectivity index (χ4n) is 1.86. The number of hydrogen-bond acceptors (Lipinski definition) is 3. The predicted octanol–water partition coefficient (Wildman–Crippen LogP) is 3.03. The van der Waals surface area contributed by atoms with Gasteiger partial charge in [0, 0.05) is 5.56 Å². The maximum atomic E-state index is 9.80. The van der Waals surface area contributed by atoms with Crippen LogP contribution >= 0.6 is 0 Å². The molecule has 2 aromatic carbocycles. The van der Waals surface area contributed by atoms with E-state index in [1.807, 2.05) is 13.0 Å². The molecule has 0 heterocycles. The van der Waals surface area contributed by atoms with Gasteiger partial charge < -0.3 is 15.3 Å². The Morgan fingerprint density at radius 3 is 2.12 bits per heavy atom. The summed E-state index contributed by atoms with van der Waals surface area (Å²) in [5.41, 5.74) is 2.27. The van der Waals surface area contributed by atoms with Crippen molar-refractivity contribution in [3.05, 3.63) is 42.0 Å². The van der Waals surface area contributed by atoms with Gasteiger partial charge in [0.05, 0.1) is 0 Å². The van der Waals surface area contributed by atoms with Gasteiger partial charge in [-0.1, -0.05) is 25.1 Å². The molecule has 3 nitrogen and oxygen atoms in total. The summed E-state index contributed by atoms with van der Waals surface area (Å²) in [7, 11) is 0. The maximum Gasteiger partial charge on any atom is 0.158 e. The molecule has 3 heteroatoms. The predicted molar refractivity (Wildman–Crippen MR) is 66.3 cm³/mol. The normalized spacial score (nSPS) is 10.4. The molecule has 0 unspecified atom stereocenters. The number of hydrogen-bond donors (Lipinski definition) is 3. The van der Waals surface area contributed by atoms with E-state index in [1.165, 1.54) is 12.1 Å². The summed E-state index contributed by atoms with van der Waals surface area (Å²) in [6.07, 6.45) is 0.706. The molecule has 0 fully saturated rings. The summed E-state index contributed by atoms with van der Waals surface area (Å²) in [6.45, 7) is 1.95. The molecule has 17 heavy (non-hydrogen) atoms. The molecule has 2 rings (SSSR count). The average Bonchev–Trinajstić information content (AvgIpc) is 2.33. The minimum atomic E-state index is -0.180. The van der Waals surface area contributed by atoms with E-state index in [0.717, 1.165) is 11.1 Å². The van der Waals surface area contributed by atoms with E-state index in [2.05, 4.69) is 0 Å². The monoisotopic (exact) mass is 230 g/mol. The molecule has 88 valence electrons. The summed E-state index contributed by atoms with van der Waals surface area (Å²) in [4.78, 5) is 0. The van der Waals surface area contributed by atoms with Crippen LogP contribution in [0.2, 0.25) is 0 Å². The Morgan fingerprint density at radius 2 is 1.47 bits per heavy atom. The second-order valence-electron chi connectivity index (χ2n) is 3.87. The lowest BCUT2D eigenvalue weighted by atomic mass is 9.96. The van der Waals surface area contributed by atoms with Crippen LogP contribution in [0.15, 0.2) is 36.4 Å². The number of aryl methyl sites for hydroxylation is 1. The fraction of sp³-hybridized carbons (Fsp3) is 0.143. The lowest BCUT2D eigenvalue weighted by Crippen LogP contribution is -1.88.